The summed E-state index contributed by atoms with van der Waals surface area (Å²) < 4.78 is 6.86. The van der Waals surface area contributed by atoms with Crippen LogP contribution in [0, 0.1) is 0 Å². The number of rotatable bonds is 4. The Morgan fingerprint density at radius 1 is 1.38 bits per heavy atom. The first-order valence-electron chi connectivity index (χ1n) is 4.97. The minimum Gasteiger partial charge on any atom is -0.506 e. The Bertz CT molecular complexity index is 468. The van der Waals surface area contributed by atoms with Gasteiger partial charge < -0.3 is 15.6 Å². The van der Waals surface area contributed by atoms with Gasteiger partial charge in [0, 0.05) is 6.54 Å². The van der Waals surface area contributed by atoms with Crippen LogP contribution in [0.4, 0.5) is 0 Å². The van der Waals surface area contributed by atoms with Gasteiger partial charge in [-0.1, -0.05) is 12.1 Å². The quantitative estimate of drug-likeness (QED) is 0.801. The molecule has 16 heavy (non-hydrogen) atoms. The molecule has 0 aliphatic heterocycles. The molecule has 0 amide bonds. The van der Waals surface area contributed by atoms with Crippen molar-refractivity contribution in [2.75, 3.05) is 13.2 Å². The first kappa shape index (κ1) is 10.5. The van der Waals surface area contributed by atoms with Crippen molar-refractivity contribution in [2.24, 2.45) is 5.73 Å². The average molecular weight is 219 g/mol. The molecule has 1 aromatic heterocycles. The van der Waals surface area contributed by atoms with E-state index in [2.05, 4.69) is 5.10 Å². The van der Waals surface area contributed by atoms with E-state index in [4.69, 9.17) is 10.5 Å². The molecule has 0 aliphatic carbocycles. The fourth-order valence-electron chi connectivity index (χ4n) is 1.35. The van der Waals surface area contributed by atoms with Crippen LogP contribution in [-0.2, 0) is 0 Å². The highest BCUT2D eigenvalue weighted by Gasteiger charge is 2.04. The summed E-state index contributed by atoms with van der Waals surface area (Å²) >= 11 is 0. The van der Waals surface area contributed by atoms with E-state index in [1.807, 2.05) is 6.07 Å². The molecule has 0 spiro atoms. The topological polar surface area (TPSA) is 73.3 Å². The average Bonchev–Trinajstić information content (AvgIpc) is 2.75. The van der Waals surface area contributed by atoms with Crippen molar-refractivity contribution in [2.45, 2.75) is 0 Å². The SMILES string of the molecule is NCCOc1cnn(-c2ccccc2O)c1. The van der Waals surface area contributed by atoms with Gasteiger partial charge in [0.05, 0.1) is 12.4 Å². The first-order chi connectivity index (χ1) is 7.81. The zero-order chi connectivity index (χ0) is 11.4. The maximum Gasteiger partial charge on any atom is 0.157 e. The van der Waals surface area contributed by atoms with E-state index < -0.39 is 0 Å². The molecule has 0 fully saturated rings. The molecule has 2 rings (SSSR count). The van der Waals surface area contributed by atoms with Crippen molar-refractivity contribution in [3.05, 3.63) is 36.7 Å². The summed E-state index contributed by atoms with van der Waals surface area (Å²) in [4.78, 5) is 0. The van der Waals surface area contributed by atoms with Crippen molar-refractivity contribution in [1.29, 1.82) is 0 Å². The molecule has 3 N–H and O–H groups in total. The second kappa shape index (κ2) is 4.67. The van der Waals surface area contributed by atoms with Crippen LogP contribution in [0.1, 0.15) is 0 Å². The van der Waals surface area contributed by atoms with Gasteiger partial charge in [-0.3, -0.25) is 0 Å². The molecule has 1 heterocycles. The van der Waals surface area contributed by atoms with Gasteiger partial charge in [-0.2, -0.15) is 5.10 Å². The summed E-state index contributed by atoms with van der Waals surface area (Å²) in [5.74, 6) is 0.810. The van der Waals surface area contributed by atoms with Crippen molar-refractivity contribution in [1.82, 2.24) is 9.78 Å². The standard InChI is InChI=1S/C11H13N3O2/c12-5-6-16-9-7-13-14(8-9)10-3-1-2-4-11(10)15/h1-4,7-8,15H,5-6,12H2. The van der Waals surface area contributed by atoms with Gasteiger partial charge in [-0.25, -0.2) is 4.68 Å². The van der Waals surface area contributed by atoms with Crippen LogP contribution >= 0.6 is 0 Å². The molecule has 0 aliphatic rings. The molecule has 5 nitrogen and oxygen atoms in total. The van der Waals surface area contributed by atoms with E-state index in [0.717, 1.165) is 0 Å². The molecule has 0 bridgehead atoms. The molecular weight excluding hydrogens is 206 g/mol. The number of hydrogen-bond donors (Lipinski definition) is 2. The fourth-order valence-corrected chi connectivity index (χ4v) is 1.35. The van der Waals surface area contributed by atoms with Crippen LogP contribution in [0.3, 0.4) is 0 Å². The molecule has 5 heteroatoms. The summed E-state index contributed by atoms with van der Waals surface area (Å²) in [6, 6.07) is 6.97. The Kier molecular flexibility index (Phi) is 3.07. The predicted molar refractivity (Wildman–Crippen MR) is 59.8 cm³/mol. The van der Waals surface area contributed by atoms with Gasteiger partial charge in [-0.15, -0.1) is 0 Å². The summed E-state index contributed by atoms with van der Waals surface area (Å²) in [5.41, 5.74) is 5.94. The van der Waals surface area contributed by atoms with E-state index in [1.54, 1.807) is 35.3 Å². The Morgan fingerprint density at radius 3 is 2.94 bits per heavy atom. The highest BCUT2D eigenvalue weighted by molar-refractivity contribution is 5.45. The summed E-state index contributed by atoms with van der Waals surface area (Å²) in [7, 11) is 0. The fraction of sp³-hybridized carbons (Fsp3) is 0.182. The predicted octanol–water partition coefficient (Wildman–Crippen LogP) is 0.915. The summed E-state index contributed by atoms with van der Waals surface area (Å²) in [6.07, 6.45) is 3.28. The monoisotopic (exact) mass is 219 g/mol. The van der Waals surface area contributed by atoms with Crippen LogP contribution in [0.5, 0.6) is 11.5 Å². The Hall–Kier alpha value is -2.01. The second-order valence-corrected chi connectivity index (χ2v) is 3.25. The highest BCUT2D eigenvalue weighted by atomic mass is 16.5. The second-order valence-electron chi connectivity index (χ2n) is 3.25. The zero-order valence-corrected chi connectivity index (χ0v) is 8.71. The molecule has 2 aromatic rings. The van der Waals surface area contributed by atoms with Crippen molar-refractivity contribution < 1.29 is 9.84 Å². The molecule has 84 valence electrons. The lowest BCUT2D eigenvalue weighted by Crippen LogP contribution is -2.10. The number of benzene rings is 1. The maximum absolute atomic E-state index is 9.63. The number of hydrogen-bond acceptors (Lipinski definition) is 4. The third kappa shape index (κ3) is 2.14. The van der Waals surface area contributed by atoms with E-state index >= 15 is 0 Å². The lowest BCUT2D eigenvalue weighted by atomic mass is 10.3. The van der Waals surface area contributed by atoms with Crippen molar-refractivity contribution in [3.63, 3.8) is 0 Å². The lowest BCUT2D eigenvalue weighted by Gasteiger charge is -2.03. The number of nitrogens with zero attached hydrogens (tertiary/aromatic N) is 2. The highest BCUT2D eigenvalue weighted by Crippen LogP contribution is 2.21. The number of nitrogens with two attached hydrogens (primary N) is 1. The number of ether oxygens (including phenoxy) is 1. The first-order valence-corrected chi connectivity index (χ1v) is 4.97. The van der Waals surface area contributed by atoms with Crippen LogP contribution in [-0.4, -0.2) is 28.0 Å². The minimum atomic E-state index is 0.177. The molecule has 0 unspecified atom stereocenters. The number of phenols is 1. The molecule has 0 saturated heterocycles. The summed E-state index contributed by atoms with van der Waals surface area (Å²) in [5, 5.41) is 13.7. The van der Waals surface area contributed by atoms with Crippen LogP contribution in [0.25, 0.3) is 5.69 Å². The van der Waals surface area contributed by atoms with Gasteiger partial charge in [-0.05, 0) is 12.1 Å². The van der Waals surface area contributed by atoms with Gasteiger partial charge >= 0.3 is 0 Å². The molecule has 0 saturated carbocycles. The number of phenolic OH excluding ortho intramolecular Hbond substituents is 1. The van der Waals surface area contributed by atoms with E-state index in [0.29, 0.717) is 24.6 Å². The number of aromatic nitrogens is 2. The Labute approximate surface area is 93.1 Å². The van der Waals surface area contributed by atoms with Crippen molar-refractivity contribution >= 4 is 0 Å². The number of para-hydroxylation sites is 2. The van der Waals surface area contributed by atoms with Crippen LogP contribution in [0.15, 0.2) is 36.7 Å². The molecule has 0 radical (unpaired) electrons. The normalized spacial score (nSPS) is 10.3. The Balaban J connectivity index is 2.22. The lowest BCUT2D eigenvalue weighted by molar-refractivity contribution is 0.328. The third-order valence-electron chi connectivity index (χ3n) is 2.07. The largest absolute Gasteiger partial charge is 0.506 e. The van der Waals surface area contributed by atoms with Gasteiger partial charge in [0.2, 0.25) is 0 Å². The van der Waals surface area contributed by atoms with Crippen LogP contribution in [0.2, 0.25) is 0 Å². The maximum atomic E-state index is 9.63. The summed E-state index contributed by atoms with van der Waals surface area (Å²) in [6.45, 7) is 0.911. The smallest absolute Gasteiger partial charge is 0.157 e. The van der Waals surface area contributed by atoms with Gasteiger partial charge in [0.25, 0.3) is 0 Å². The van der Waals surface area contributed by atoms with E-state index in [-0.39, 0.29) is 5.75 Å². The Morgan fingerprint density at radius 2 is 2.19 bits per heavy atom. The van der Waals surface area contributed by atoms with E-state index in [9.17, 15) is 5.11 Å². The van der Waals surface area contributed by atoms with Gasteiger partial charge in [0.1, 0.15) is 18.0 Å². The molecule has 0 atom stereocenters. The van der Waals surface area contributed by atoms with Crippen molar-refractivity contribution in [3.8, 4) is 17.2 Å². The zero-order valence-electron chi connectivity index (χ0n) is 8.71. The van der Waals surface area contributed by atoms with Gasteiger partial charge in [0.15, 0.2) is 5.75 Å². The number of aromatic hydroxyl groups is 1. The van der Waals surface area contributed by atoms with Crippen LogP contribution < -0.4 is 10.5 Å². The molecule has 1 aromatic carbocycles. The molecular formula is C11H13N3O2. The third-order valence-corrected chi connectivity index (χ3v) is 2.07. The minimum absolute atomic E-state index is 0.177. The van der Waals surface area contributed by atoms with E-state index in [1.165, 1.54) is 0 Å².